The average Bonchev–Trinajstić information content (AvgIpc) is 2.37. The Morgan fingerprint density at radius 2 is 2.06 bits per heavy atom. The Bertz CT molecular complexity index is 389. The summed E-state index contributed by atoms with van der Waals surface area (Å²) in [6.07, 6.45) is 3.62. The lowest BCUT2D eigenvalue weighted by Crippen LogP contribution is -2.33. The van der Waals surface area contributed by atoms with Crippen LogP contribution in [0.3, 0.4) is 0 Å². The number of halogens is 2. The van der Waals surface area contributed by atoms with Crippen LogP contribution in [-0.4, -0.2) is 24.5 Å². The van der Waals surface area contributed by atoms with Crippen molar-refractivity contribution >= 4 is 15.9 Å². The largest absolute Gasteiger partial charge is 0.330 e. The number of likely N-dealkylation sites (tertiary alicyclic amines) is 1. The molecule has 0 saturated carbocycles. The number of piperidine rings is 1. The van der Waals surface area contributed by atoms with Gasteiger partial charge < -0.3 is 5.73 Å². The van der Waals surface area contributed by atoms with E-state index in [9.17, 15) is 4.39 Å². The van der Waals surface area contributed by atoms with Gasteiger partial charge in [-0.15, -0.1) is 0 Å². The summed E-state index contributed by atoms with van der Waals surface area (Å²) < 4.78 is 13.7. The van der Waals surface area contributed by atoms with Crippen LogP contribution < -0.4 is 5.73 Å². The SMILES string of the molecule is NCCC1CCN(Cc2ccc(F)c(Br)c2)CC1. The zero-order valence-electron chi connectivity index (χ0n) is 10.5. The molecule has 1 heterocycles. The quantitative estimate of drug-likeness (QED) is 0.925. The van der Waals surface area contributed by atoms with Gasteiger partial charge in [-0.3, -0.25) is 4.90 Å². The van der Waals surface area contributed by atoms with E-state index in [0.29, 0.717) is 4.47 Å². The summed E-state index contributed by atoms with van der Waals surface area (Å²) in [6, 6.07) is 5.27. The number of hydrogen-bond acceptors (Lipinski definition) is 2. The summed E-state index contributed by atoms with van der Waals surface area (Å²) in [5, 5.41) is 0. The highest BCUT2D eigenvalue weighted by molar-refractivity contribution is 9.10. The minimum Gasteiger partial charge on any atom is -0.330 e. The first-order valence-electron chi connectivity index (χ1n) is 6.55. The molecule has 2 N–H and O–H groups in total. The maximum atomic E-state index is 13.1. The van der Waals surface area contributed by atoms with Crippen molar-refractivity contribution in [1.29, 1.82) is 0 Å². The van der Waals surface area contributed by atoms with Crippen LogP contribution >= 0.6 is 15.9 Å². The van der Waals surface area contributed by atoms with Gasteiger partial charge in [-0.25, -0.2) is 4.39 Å². The van der Waals surface area contributed by atoms with Gasteiger partial charge in [0.25, 0.3) is 0 Å². The zero-order chi connectivity index (χ0) is 13.0. The molecule has 0 spiro atoms. The number of nitrogens with two attached hydrogens (primary N) is 1. The number of nitrogens with zero attached hydrogens (tertiary/aromatic N) is 1. The summed E-state index contributed by atoms with van der Waals surface area (Å²) >= 11 is 3.23. The Morgan fingerprint density at radius 1 is 1.33 bits per heavy atom. The molecule has 0 amide bonds. The first kappa shape index (κ1) is 14.0. The van der Waals surface area contributed by atoms with E-state index in [4.69, 9.17) is 5.73 Å². The van der Waals surface area contributed by atoms with Crippen LogP contribution in [0, 0.1) is 11.7 Å². The third-order valence-electron chi connectivity index (χ3n) is 3.67. The number of benzene rings is 1. The molecule has 2 nitrogen and oxygen atoms in total. The van der Waals surface area contributed by atoms with Crippen molar-refractivity contribution in [3.63, 3.8) is 0 Å². The molecule has 4 heteroatoms. The highest BCUT2D eigenvalue weighted by atomic mass is 79.9. The van der Waals surface area contributed by atoms with E-state index in [0.717, 1.165) is 38.5 Å². The Kier molecular flexibility index (Phi) is 5.15. The highest BCUT2D eigenvalue weighted by Gasteiger charge is 2.18. The monoisotopic (exact) mass is 314 g/mol. The predicted molar refractivity (Wildman–Crippen MR) is 75.8 cm³/mol. The van der Waals surface area contributed by atoms with Crippen molar-refractivity contribution in [1.82, 2.24) is 4.90 Å². The van der Waals surface area contributed by atoms with Crippen molar-refractivity contribution in [3.05, 3.63) is 34.1 Å². The molecule has 0 unspecified atom stereocenters. The lowest BCUT2D eigenvalue weighted by atomic mass is 9.93. The van der Waals surface area contributed by atoms with Crippen LogP contribution in [0.15, 0.2) is 22.7 Å². The lowest BCUT2D eigenvalue weighted by Gasteiger charge is -2.31. The van der Waals surface area contributed by atoms with E-state index < -0.39 is 0 Å². The normalized spacial score (nSPS) is 18.2. The standard InChI is InChI=1S/C14H20BrFN2/c15-13-9-12(1-2-14(13)16)10-18-7-4-11(3-6-17)5-8-18/h1-2,9,11H,3-8,10,17H2. The third kappa shape index (κ3) is 3.77. The summed E-state index contributed by atoms with van der Waals surface area (Å²) in [6.45, 7) is 3.96. The molecule has 1 aromatic rings. The average molecular weight is 315 g/mol. The van der Waals surface area contributed by atoms with E-state index in [1.807, 2.05) is 12.1 Å². The van der Waals surface area contributed by atoms with E-state index in [1.54, 1.807) is 0 Å². The second-order valence-corrected chi connectivity index (χ2v) is 5.90. The van der Waals surface area contributed by atoms with Crippen LogP contribution in [-0.2, 0) is 6.54 Å². The molecule has 1 fully saturated rings. The molecular formula is C14H20BrFN2. The van der Waals surface area contributed by atoms with Gasteiger partial charge in [0.2, 0.25) is 0 Å². The minimum atomic E-state index is -0.194. The molecule has 0 bridgehead atoms. The number of hydrogen-bond donors (Lipinski definition) is 1. The molecule has 0 atom stereocenters. The van der Waals surface area contributed by atoms with Crippen molar-refractivity contribution < 1.29 is 4.39 Å². The molecular weight excluding hydrogens is 295 g/mol. The van der Waals surface area contributed by atoms with Gasteiger partial charge >= 0.3 is 0 Å². The van der Waals surface area contributed by atoms with Gasteiger partial charge in [-0.05, 0) is 78.4 Å². The third-order valence-corrected chi connectivity index (χ3v) is 4.28. The first-order valence-corrected chi connectivity index (χ1v) is 7.34. The van der Waals surface area contributed by atoms with Gasteiger partial charge in [-0.2, -0.15) is 0 Å². The molecule has 0 radical (unpaired) electrons. The minimum absolute atomic E-state index is 0.194. The smallest absolute Gasteiger partial charge is 0.137 e. The van der Waals surface area contributed by atoms with E-state index in [2.05, 4.69) is 20.8 Å². The van der Waals surface area contributed by atoms with Crippen LogP contribution in [0.5, 0.6) is 0 Å². The first-order chi connectivity index (χ1) is 8.69. The van der Waals surface area contributed by atoms with Gasteiger partial charge in [0.15, 0.2) is 0 Å². The molecule has 1 aliphatic rings. The van der Waals surface area contributed by atoms with Gasteiger partial charge in [0.1, 0.15) is 5.82 Å². The fourth-order valence-corrected chi connectivity index (χ4v) is 2.99. The van der Waals surface area contributed by atoms with Crippen LogP contribution in [0.2, 0.25) is 0 Å². The number of rotatable bonds is 4. The molecule has 1 aliphatic heterocycles. The summed E-state index contributed by atoms with van der Waals surface area (Å²) in [5.74, 6) is 0.603. The maximum absolute atomic E-state index is 13.1. The Hall–Kier alpha value is -0.450. The molecule has 0 aliphatic carbocycles. The summed E-state index contributed by atoms with van der Waals surface area (Å²) in [5.41, 5.74) is 6.76. The zero-order valence-corrected chi connectivity index (χ0v) is 12.1. The van der Waals surface area contributed by atoms with Gasteiger partial charge in [0, 0.05) is 6.54 Å². The fraction of sp³-hybridized carbons (Fsp3) is 0.571. The fourth-order valence-electron chi connectivity index (χ4n) is 2.57. The van der Waals surface area contributed by atoms with E-state index in [-0.39, 0.29) is 5.82 Å². The highest BCUT2D eigenvalue weighted by Crippen LogP contribution is 2.23. The Balaban J connectivity index is 1.85. The van der Waals surface area contributed by atoms with Crippen LogP contribution in [0.4, 0.5) is 4.39 Å². The summed E-state index contributed by atoms with van der Waals surface area (Å²) in [7, 11) is 0. The van der Waals surface area contributed by atoms with Crippen molar-refractivity contribution in [2.75, 3.05) is 19.6 Å². The second-order valence-electron chi connectivity index (χ2n) is 5.05. The molecule has 1 saturated heterocycles. The van der Waals surface area contributed by atoms with Crippen LogP contribution in [0.25, 0.3) is 0 Å². The molecule has 0 aromatic heterocycles. The maximum Gasteiger partial charge on any atom is 0.137 e. The second kappa shape index (κ2) is 6.64. The van der Waals surface area contributed by atoms with E-state index in [1.165, 1.54) is 24.5 Å². The summed E-state index contributed by atoms with van der Waals surface area (Å²) in [4.78, 5) is 2.44. The Morgan fingerprint density at radius 3 is 2.67 bits per heavy atom. The lowest BCUT2D eigenvalue weighted by molar-refractivity contribution is 0.173. The Labute approximate surface area is 116 Å². The molecule has 1 aromatic carbocycles. The van der Waals surface area contributed by atoms with Crippen molar-refractivity contribution in [2.45, 2.75) is 25.8 Å². The van der Waals surface area contributed by atoms with E-state index >= 15 is 0 Å². The molecule has 2 rings (SSSR count). The topological polar surface area (TPSA) is 29.3 Å². The van der Waals surface area contributed by atoms with Crippen molar-refractivity contribution in [2.24, 2.45) is 11.7 Å². The van der Waals surface area contributed by atoms with Crippen LogP contribution in [0.1, 0.15) is 24.8 Å². The predicted octanol–water partition coefficient (Wildman–Crippen LogP) is 3.15. The van der Waals surface area contributed by atoms with Crippen molar-refractivity contribution in [3.8, 4) is 0 Å². The van der Waals surface area contributed by atoms with Gasteiger partial charge in [-0.1, -0.05) is 6.07 Å². The molecule has 18 heavy (non-hydrogen) atoms. The molecule has 100 valence electrons. The van der Waals surface area contributed by atoms with Gasteiger partial charge in [0.05, 0.1) is 4.47 Å².